The van der Waals surface area contributed by atoms with Crippen LogP contribution in [0.2, 0.25) is 0 Å². The summed E-state index contributed by atoms with van der Waals surface area (Å²) < 4.78 is 18.4. The third-order valence-corrected chi connectivity index (χ3v) is 3.97. The zero-order valence-corrected chi connectivity index (χ0v) is 14.6. The molecule has 1 amide bonds. The number of halogens is 1. The molecule has 7 nitrogen and oxygen atoms in total. The number of nitrogens with zero attached hydrogens (tertiary/aromatic N) is 5. The molecule has 1 aromatic carbocycles. The molecule has 0 spiro atoms. The minimum Gasteiger partial charge on any atom is -0.444 e. The Morgan fingerprint density at radius 2 is 1.84 bits per heavy atom. The highest BCUT2D eigenvalue weighted by atomic mass is 19.1. The quantitative estimate of drug-likeness (QED) is 0.835. The summed E-state index contributed by atoms with van der Waals surface area (Å²) in [5, 5.41) is 12.6. The average molecular weight is 347 g/mol. The Balaban J connectivity index is 1.60. The van der Waals surface area contributed by atoms with Gasteiger partial charge in [-0.15, -0.1) is 10.2 Å². The van der Waals surface area contributed by atoms with Gasteiger partial charge in [-0.3, -0.25) is 0 Å². The summed E-state index contributed by atoms with van der Waals surface area (Å²) in [6.45, 7) is 6.75. The first-order valence-corrected chi connectivity index (χ1v) is 8.35. The number of hydrogen-bond acceptors (Lipinski definition) is 5. The van der Waals surface area contributed by atoms with E-state index in [1.807, 2.05) is 20.8 Å². The van der Waals surface area contributed by atoms with E-state index in [0.29, 0.717) is 18.9 Å². The van der Waals surface area contributed by atoms with Crippen LogP contribution in [0.5, 0.6) is 0 Å². The molecule has 1 aromatic heterocycles. The average Bonchev–Trinajstić information content (AvgIpc) is 3.04. The van der Waals surface area contributed by atoms with Crippen molar-refractivity contribution in [3.05, 3.63) is 30.1 Å². The van der Waals surface area contributed by atoms with Crippen LogP contribution >= 0.6 is 0 Å². The van der Waals surface area contributed by atoms with Gasteiger partial charge in [0.2, 0.25) is 5.82 Å². The van der Waals surface area contributed by atoms with E-state index in [9.17, 15) is 9.18 Å². The van der Waals surface area contributed by atoms with Gasteiger partial charge < -0.3 is 9.64 Å². The van der Waals surface area contributed by atoms with Gasteiger partial charge in [-0.1, -0.05) is 0 Å². The van der Waals surface area contributed by atoms with Crippen LogP contribution < -0.4 is 0 Å². The number of piperidine rings is 1. The molecule has 0 N–H and O–H groups in total. The summed E-state index contributed by atoms with van der Waals surface area (Å²) in [5.41, 5.74) is 0.227. The van der Waals surface area contributed by atoms with Crippen molar-refractivity contribution in [2.75, 3.05) is 13.1 Å². The van der Waals surface area contributed by atoms with Crippen LogP contribution in [-0.4, -0.2) is 49.9 Å². The monoisotopic (exact) mass is 347 g/mol. The summed E-state index contributed by atoms with van der Waals surface area (Å²) in [7, 11) is 0. The third-order valence-electron chi connectivity index (χ3n) is 3.97. The number of rotatable bonds is 2. The number of carbonyl (C=O) groups is 1. The Hall–Kier alpha value is -2.51. The lowest BCUT2D eigenvalue weighted by Gasteiger charge is -2.32. The topological polar surface area (TPSA) is 73.1 Å². The largest absolute Gasteiger partial charge is 0.444 e. The molecule has 0 atom stereocenters. The number of aromatic nitrogens is 4. The Bertz CT molecular complexity index is 730. The van der Waals surface area contributed by atoms with Crippen molar-refractivity contribution in [2.24, 2.45) is 0 Å². The van der Waals surface area contributed by atoms with Crippen LogP contribution in [0.25, 0.3) is 11.4 Å². The van der Waals surface area contributed by atoms with E-state index in [1.165, 1.54) is 12.1 Å². The molecule has 0 unspecified atom stereocenters. The van der Waals surface area contributed by atoms with E-state index in [0.717, 1.165) is 18.4 Å². The van der Waals surface area contributed by atoms with Crippen LogP contribution in [-0.2, 0) is 4.74 Å². The first kappa shape index (κ1) is 17.3. The first-order valence-electron chi connectivity index (χ1n) is 8.35. The summed E-state index contributed by atoms with van der Waals surface area (Å²) in [6, 6.07) is 6.08. The standard InChI is InChI=1S/C17H22FN5O2/c1-17(2,3)25-16(24)22-10-8-14(9-11-22)23-20-15(19-21-23)12-4-6-13(18)7-5-12/h4-7,14H,8-11H2,1-3H3. The fraction of sp³-hybridized carbons (Fsp3) is 0.529. The fourth-order valence-electron chi connectivity index (χ4n) is 2.70. The normalized spacial score (nSPS) is 16.1. The van der Waals surface area contributed by atoms with Crippen LogP contribution in [0, 0.1) is 5.82 Å². The summed E-state index contributed by atoms with van der Waals surface area (Å²) >= 11 is 0. The number of amides is 1. The SMILES string of the molecule is CC(C)(C)OC(=O)N1CCC(n2nnc(-c3ccc(F)cc3)n2)CC1. The number of carbonyl (C=O) groups excluding carboxylic acids is 1. The molecule has 2 heterocycles. The summed E-state index contributed by atoms with van der Waals surface area (Å²) in [4.78, 5) is 15.4. The molecule has 1 fully saturated rings. The Kier molecular flexibility index (Phi) is 4.69. The minimum atomic E-state index is -0.495. The van der Waals surface area contributed by atoms with Gasteiger partial charge >= 0.3 is 6.09 Å². The van der Waals surface area contributed by atoms with Crippen molar-refractivity contribution in [1.29, 1.82) is 0 Å². The zero-order valence-electron chi connectivity index (χ0n) is 14.6. The highest BCUT2D eigenvalue weighted by molar-refractivity contribution is 5.68. The predicted octanol–water partition coefficient (Wildman–Crippen LogP) is 3.05. The van der Waals surface area contributed by atoms with Gasteiger partial charge in [0.05, 0.1) is 6.04 Å². The molecule has 25 heavy (non-hydrogen) atoms. The maximum absolute atomic E-state index is 13.0. The molecule has 1 aliphatic rings. The summed E-state index contributed by atoms with van der Waals surface area (Å²) in [6.07, 6.45) is 1.18. The number of likely N-dealkylation sites (tertiary alicyclic amines) is 1. The molecule has 0 saturated carbocycles. The van der Waals surface area contributed by atoms with Gasteiger partial charge in [0.1, 0.15) is 11.4 Å². The first-order chi connectivity index (χ1) is 11.8. The highest BCUT2D eigenvalue weighted by Crippen LogP contribution is 2.23. The molecule has 134 valence electrons. The van der Waals surface area contributed by atoms with Crippen molar-refractivity contribution in [1.82, 2.24) is 25.1 Å². The maximum Gasteiger partial charge on any atom is 0.410 e. The Morgan fingerprint density at radius 3 is 2.44 bits per heavy atom. The molecular formula is C17H22FN5O2. The fourth-order valence-corrected chi connectivity index (χ4v) is 2.70. The van der Waals surface area contributed by atoms with Crippen molar-refractivity contribution in [3.8, 4) is 11.4 Å². The zero-order chi connectivity index (χ0) is 18.0. The van der Waals surface area contributed by atoms with Crippen molar-refractivity contribution < 1.29 is 13.9 Å². The second kappa shape index (κ2) is 6.78. The van der Waals surface area contributed by atoms with Crippen LogP contribution in [0.1, 0.15) is 39.7 Å². The van der Waals surface area contributed by atoms with Crippen molar-refractivity contribution >= 4 is 6.09 Å². The minimum absolute atomic E-state index is 0.0837. The van der Waals surface area contributed by atoms with E-state index in [-0.39, 0.29) is 18.0 Å². The van der Waals surface area contributed by atoms with Gasteiger partial charge in [0.25, 0.3) is 0 Å². The van der Waals surface area contributed by atoms with Crippen molar-refractivity contribution in [2.45, 2.75) is 45.3 Å². The highest BCUT2D eigenvalue weighted by Gasteiger charge is 2.28. The Labute approximate surface area is 145 Å². The van der Waals surface area contributed by atoms with E-state index >= 15 is 0 Å². The molecule has 1 aliphatic heterocycles. The number of hydrogen-bond donors (Lipinski definition) is 0. The number of ether oxygens (including phenoxy) is 1. The maximum atomic E-state index is 13.0. The van der Waals surface area contributed by atoms with E-state index in [4.69, 9.17) is 4.74 Å². The van der Waals surface area contributed by atoms with E-state index in [2.05, 4.69) is 15.4 Å². The van der Waals surface area contributed by atoms with Gasteiger partial charge in [-0.2, -0.15) is 4.80 Å². The van der Waals surface area contributed by atoms with Gasteiger partial charge in [0.15, 0.2) is 0 Å². The molecule has 8 heteroatoms. The van der Waals surface area contributed by atoms with Crippen LogP contribution in [0.3, 0.4) is 0 Å². The van der Waals surface area contributed by atoms with Crippen LogP contribution in [0.15, 0.2) is 24.3 Å². The van der Waals surface area contributed by atoms with Gasteiger partial charge in [-0.05, 0) is 63.1 Å². The third kappa shape index (κ3) is 4.32. The second-order valence-corrected chi connectivity index (χ2v) is 7.14. The smallest absolute Gasteiger partial charge is 0.410 e. The molecule has 0 radical (unpaired) electrons. The Morgan fingerprint density at radius 1 is 1.20 bits per heavy atom. The molecule has 1 saturated heterocycles. The van der Waals surface area contributed by atoms with Gasteiger partial charge in [-0.25, -0.2) is 9.18 Å². The lowest BCUT2D eigenvalue weighted by molar-refractivity contribution is 0.0179. The lowest BCUT2D eigenvalue weighted by atomic mass is 10.1. The molecule has 3 rings (SSSR count). The van der Waals surface area contributed by atoms with E-state index < -0.39 is 5.60 Å². The molecule has 0 aliphatic carbocycles. The van der Waals surface area contributed by atoms with Crippen molar-refractivity contribution in [3.63, 3.8) is 0 Å². The lowest BCUT2D eigenvalue weighted by Crippen LogP contribution is -2.42. The molecule has 0 bridgehead atoms. The molecular weight excluding hydrogens is 325 g/mol. The van der Waals surface area contributed by atoms with Gasteiger partial charge in [0, 0.05) is 18.7 Å². The van der Waals surface area contributed by atoms with E-state index in [1.54, 1.807) is 21.8 Å². The van der Waals surface area contributed by atoms with Crippen LogP contribution in [0.4, 0.5) is 9.18 Å². The summed E-state index contributed by atoms with van der Waals surface area (Å²) in [5.74, 6) is 0.167. The number of tetrazole rings is 1. The molecule has 2 aromatic rings. The number of benzene rings is 1. The predicted molar refractivity (Wildman–Crippen MR) is 89.3 cm³/mol. The second-order valence-electron chi connectivity index (χ2n) is 7.14.